The number of anilines is 1. The molecule has 0 saturated carbocycles. The number of nitrogens with one attached hydrogen (secondary N) is 1. The Morgan fingerprint density at radius 3 is 2.29 bits per heavy atom. The number of rotatable bonds is 7. The number of hydrogen-bond acceptors (Lipinski definition) is 6. The summed E-state index contributed by atoms with van der Waals surface area (Å²) in [5, 5.41) is 0. The fourth-order valence-electron chi connectivity index (χ4n) is 2.66. The first kappa shape index (κ1) is 19.5. The highest BCUT2D eigenvalue weighted by atomic mass is 32.2. The van der Waals surface area contributed by atoms with E-state index in [0.29, 0.717) is 17.2 Å². The second kappa shape index (κ2) is 8.18. The smallest absolute Gasteiger partial charge is 0.265 e. The molecule has 7 nitrogen and oxygen atoms in total. The number of aromatic nitrogens is 1. The second-order valence-electron chi connectivity index (χ2n) is 5.82. The van der Waals surface area contributed by atoms with Crippen molar-refractivity contribution < 1.29 is 22.6 Å². The van der Waals surface area contributed by atoms with Crippen molar-refractivity contribution in [3.8, 4) is 28.4 Å². The van der Waals surface area contributed by atoms with Gasteiger partial charge in [0.25, 0.3) is 10.0 Å². The molecule has 3 aromatic rings. The predicted octanol–water partition coefficient (Wildman–Crippen LogP) is 3.58. The molecule has 0 aliphatic rings. The maximum Gasteiger partial charge on any atom is 0.265 e. The third kappa shape index (κ3) is 4.17. The van der Waals surface area contributed by atoms with Gasteiger partial charge in [-0.3, -0.25) is 9.71 Å². The van der Waals surface area contributed by atoms with Gasteiger partial charge in [0.1, 0.15) is 22.1 Å². The van der Waals surface area contributed by atoms with Crippen LogP contribution in [0.15, 0.2) is 65.8 Å². The van der Waals surface area contributed by atoms with Gasteiger partial charge in [-0.1, -0.05) is 12.1 Å². The molecule has 0 fully saturated rings. The molecule has 0 atom stereocenters. The Morgan fingerprint density at radius 1 is 0.821 bits per heavy atom. The number of nitrogens with zero attached hydrogens (tertiary/aromatic N) is 1. The zero-order valence-corrected chi connectivity index (χ0v) is 16.5. The lowest BCUT2D eigenvalue weighted by Crippen LogP contribution is -2.14. The van der Waals surface area contributed by atoms with Crippen molar-refractivity contribution in [2.45, 2.75) is 4.90 Å². The number of benzene rings is 2. The molecule has 0 aliphatic carbocycles. The van der Waals surface area contributed by atoms with Crippen molar-refractivity contribution in [2.24, 2.45) is 0 Å². The van der Waals surface area contributed by atoms with Gasteiger partial charge in [-0.2, -0.15) is 0 Å². The van der Waals surface area contributed by atoms with Crippen LogP contribution in [0.5, 0.6) is 17.2 Å². The lowest BCUT2D eigenvalue weighted by Gasteiger charge is -2.13. The maximum atomic E-state index is 12.9. The number of ether oxygens (including phenoxy) is 3. The molecule has 0 amide bonds. The molecule has 0 unspecified atom stereocenters. The van der Waals surface area contributed by atoms with Gasteiger partial charge < -0.3 is 14.2 Å². The van der Waals surface area contributed by atoms with Crippen LogP contribution in [-0.4, -0.2) is 34.7 Å². The molecular formula is C20H20N2O5S. The maximum absolute atomic E-state index is 12.9. The quantitative estimate of drug-likeness (QED) is 0.652. The summed E-state index contributed by atoms with van der Waals surface area (Å²) < 4.78 is 43.9. The summed E-state index contributed by atoms with van der Waals surface area (Å²) in [6.07, 6.45) is 3.09. The topological polar surface area (TPSA) is 86.8 Å². The van der Waals surface area contributed by atoms with Gasteiger partial charge in [-0.15, -0.1) is 0 Å². The second-order valence-corrected chi connectivity index (χ2v) is 7.47. The van der Waals surface area contributed by atoms with E-state index in [-0.39, 0.29) is 10.6 Å². The molecule has 1 N–H and O–H groups in total. The Bertz CT molecular complexity index is 1080. The first-order valence-corrected chi connectivity index (χ1v) is 9.79. The van der Waals surface area contributed by atoms with Crippen LogP contribution >= 0.6 is 0 Å². The Hall–Kier alpha value is -3.26. The van der Waals surface area contributed by atoms with Gasteiger partial charge in [0.15, 0.2) is 0 Å². The molecule has 0 aliphatic heterocycles. The fraction of sp³-hybridized carbons (Fsp3) is 0.150. The van der Waals surface area contributed by atoms with Crippen LogP contribution in [0.4, 0.5) is 5.69 Å². The van der Waals surface area contributed by atoms with Crippen LogP contribution < -0.4 is 18.9 Å². The number of pyridine rings is 1. The minimum absolute atomic E-state index is 0.0267. The molecule has 1 heterocycles. The molecule has 0 radical (unpaired) electrons. The van der Waals surface area contributed by atoms with E-state index < -0.39 is 10.0 Å². The Labute approximate surface area is 164 Å². The Kier molecular flexibility index (Phi) is 5.70. The van der Waals surface area contributed by atoms with E-state index in [1.807, 2.05) is 24.3 Å². The molecule has 3 rings (SSSR count). The summed E-state index contributed by atoms with van der Waals surface area (Å²) in [6, 6.07) is 13.7. The molecule has 28 heavy (non-hydrogen) atoms. The van der Waals surface area contributed by atoms with E-state index in [1.54, 1.807) is 25.4 Å². The Morgan fingerprint density at radius 2 is 1.57 bits per heavy atom. The highest BCUT2D eigenvalue weighted by molar-refractivity contribution is 7.92. The predicted molar refractivity (Wildman–Crippen MR) is 107 cm³/mol. The highest BCUT2D eigenvalue weighted by Gasteiger charge is 2.21. The molecule has 146 valence electrons. The van der Waals surface area contributed by atoms with E-state index in [0.717, 1.165) is 11.1 Å². The third-order valence-corrected chi connectivity index (χ3v) is 5.46. The van der Waals surface area contributed by atoms with Crippen molar-refractivity contribution in [2.75, 3.05) is 26.1 Å². The standard InChI is InChI=1S/C20H20N2O5S/c1-25-17-6-4-5-14(10-17)15-9-16(13-21-12-15)22-28(23,24)20-11-18(26-2)7-8-19(20)27-3/h4-13,22H,1-3H3. The summed E-state index contributed by atoms with van der Waals surface area (Å²) in [5.41, 5.74) is 1.92. The summed E-state index contributed by atoms with van der Waals surface area (Å²) in [7, 11) is 0.541. The zero-order valence-electron chi connectivity index (χ0n) is 15.7. The summed E-state index contributed by atoms with van der Waals surface area (Å²) in [4.78, 5) is 4.12. The first-order valence-electron chi connectivity index (χ1n) is 8.31. The molecule has 0 spiro atoms. The number of sulfonamides is 1. The molecule has 0 saturated heterocycles. The molecular weight excluding hydrogens is 380 g/mol. The van der Waals surface area contributed by atoms with E-state index in [1.165, 1.54) is 32.5 Å². The van der Waals surface area contributed by atoms with Crippen LogP contribution in [0.2, 0.25) is 0 Å². The van der Waals surface area contributed by atoms with Crippen LogP contribution in [0.25, 0.3) is 11.1 Å². The van der Waals surface area contributed by atoms with Crippen LogP contribution in [0, 0.1) is 0 Å². The third-order valence-electron chi connectivity index (χ3n) is 4.05. The van der Waals surface area contributed by atoms with E-state index in [9.17, 15) is 8.42 Å². The lowest BCUT2D eigenvalue weighted by atomic mass is 10.1. The van der Waals surface area contributed by atoms with Gasteiger partial charge in [-0.05, 0) is 35.9 Å². The van der Waals surface area contributed by atoms with Crippen LogP contribution in [-0.2, 0) is 10.0 Å². The monoisotopic (exact) mass is 400 g/mol. The van der Waals surface area contributed by atoms with Crippen molar-refractivity contribution in [3.63, 3.8) is 0 Å². The SMILES string of the molecule is COc1cccc(-c2cncc(NS(=O)(=O)c3cc(OC)ccc3OC)c2)c1. The lowest BCUT2D eigenvalue weighted by molar-refractivity contribution is 0.392. The number of methoxy groups -OCH3 is 3. The summed E-state index contributed by atoms with van der Waals surface area (Å²) in [6.45, 7) is 0. The minimum atomic E-state index is -3.92. The molecule has 8 heteroatoms. The van der Waals surface area contributed by atoms with Crippen LogP contribution in [0.1, 0.15) is 0 Å². The molecule has 0 bridgehead atoms. The fourth-order valence-corrected chi connectivity index (χ4v) is 3.88. The summed E-state index contributed by atoms with van der Waals surface area (Å²) >= 11 is 0. The van der Waals surface area contributed by atoms with E-state index in [2.05, 4.69) is 9.71 Å². The molecule has 2 aromatic carbocycles. The summed E-state index contributed by atoms with van der Waals surface area (Å²) in [5.74, 6) is 1.32. The van der Waals surface area contributed by atoms with Crippen molar-refractivity contribution >= 4 is 15.7 Å². The highest BCUT2D eigenvalue weighted by Crippen LogP contribution is 2.31. The van der Waals surface area contributed by atoms with Gasteiger partial charge in [-0.25, -0.2) is 8.42 Å². The van der Waals surface area contributed by atoms with Crippen LogP contribution in [0.3, 0.4) is 0 Å². The van der Waals surface area contributed by atoms with Gasteiger partial charge in [0.2, 0.25) is 0 Å². The van der Waals surface area contributed by atoms with Crippen molar-refractivity contribution in [1.82, 2.24) is 4.98 Å². The zero-order chi connectivity index (χ0) is 20.1. The van der Waals surface area contributed by atoms with Gasteiger partial charge in [0, 0.05) is 17.8 Å². The average Bonchev–Trinajstić information content (AvgIpc) is 2.73. The normalized spacial score (nSPS) is 11.0. The van der Waals surface area contributed by atoms with Gasteiger partial charge >= 0.3 is 0 Å². The minimum Gasteiger partial charge on any atom is -0.497 e. The van der Waals surface area contributed by atoms with Gasteiger partial charge in [0.05, 0.1) is 33.2 Å². The first-order chi connectivity index (χ1) is 13.5. The largest absolute Gasteiger partial charge is 0.497 e. The van der Waals surface area contributed by atoms with E-state index >= 15 is 0 Å². The van der Waals surface area contributed by atoms with E-state index in [4.69, 9.17) is 14.2 Å². The number of hydrogen-bond donors (Lipinski definition) is 1. The Balaban J connectivity index is 1.95. The van der Waals surface area contributed by atoms with Crippen molar-refractivity contribution in [1.29, 1.82) is 0 Å². The van der Waals surface area contributed by atoms with Crippen molar-refractivity contribution in [3.05, 3.63) is 60.9 Å². The molecule has 1 aromatic heterocycles. The average molecular weight is 400 g/mol.